The topological polar surface area (TPSA) is 50.8 Å². The van der Waals surface area contributed by atoms with Crippen LogP contribution in [-0.2, 0) is 11.2 Å². The average molecular weight is 306 g/mol. The summed E-state index contributed by atoms with van der Waals surface area (Å²) < 4.78 is 11.1. The Morgan fingerprint density at radius 2 is 2.05 bits per heavy atom. The number of rotatable bonds is 8. The molecule has 0 saturated heterocycles. The van der Waals surface area contributed by atoms with Crippen molar-refractivity contribution >= 4 is 5.91 Å². The van der Waals surface area contributed by atoms with Crippen molar-refractivity contribution < 1.29 is 14.3 Å². The minimum Gasteiger partial charge on any atom is -0.486 e. The molecule has 1 aliphatic heterocycles. The Kier molecular flexibility index (Phi) is 6.52. The molecule has 0 radical (unpaired) electrons. The van der Waals surface area contributed by atoms with Gasteiger partial charge in [0.1, 0.15) is 13.2 Å². The van der Waals surface area contributed by atoms with Crippen molar-refractivity contribution in [1.29, 1.82) is 0 Å². The van der Waals surface area contributed by atoms with Crippen LogP contribution in [0.5, 0.6) is 11.5 Å². The van der Waals surface area contributed by atoms with E-state index in [2.05, 4.69) is 17.1 Å². The summed E-state index contributed by atoms with van der Waals surface area (Å²) in [6.07, 6.45) is 3.07. The van der Waals surface area contributed by atoms with Crippen molar-refractivity contribution in [2.24, 2.45) is 0 Å². The molecule has 22 heavy (non-hydrogen) atoms. The lowest BCUT2D eigenvalue weighted by Crippen LogP contribution is -2.36. The molecule has 0 atom stereocenters. The lowest BCUT2D eigenvalue weighted by atomic mass is 10.1. The van der Waals surface area contributed by atoms with Crippen LogP contribution in [-0.4, -0.2) is 50.7 Å². The molecule has 122 valence electrons. The predicted molar refractivity (Wildman–Crippen MR) is 86.6 cm³/mol. The first-order chi connectivity index (χ1) is 10.7. The van der Waals surface area contributed by atoms with E-state index in [4.69, 9.17) is 9.47 Å². The Balaban J connectivity index is 1.71. The van der Waals surface area contributed by atoms with Crippen LogP contribution in [0.25, 0.3) is 0 Å². The second-order valence-electron chi connectivity index (χ2n) is 5.67. The molecule has 1 aliphatic rings. The number of ether oxygens (including phenoxy) is 2. The molecule has 1 heterocycles. The molecular weight excluding hydrogens is 280 g/mol. The Labute approximate surface area is 132 Å². The number of hydrogen-bond donors (Lipinski definition) is 1. The zero-order chi connectivity index (χ0) is 15.8. The standard InChI is InChI=1S/C17H26N2O3/c1-3-4-9-19(2)13-17(20)18-8-7-14-5-6-15-16(12-14)22-11-10-21-15/h5-6,12H,3-4,7-11,13H2,1-2H3,(H,18,20). The smallest absolute Gasteiger partial charge is 0.234 e. The lowest BCUT2D eigenvalue weighted by Gasteiger charge is -2.19. The zero-order valence-electron chi connectivity index (χ0n) is 13.6. The van der Waals surface area contributed by atoms with Crippen LogP contribution in [0, 0.1) is 0 Å². The number of carbonyl (C=O) groups is 1. The number of amides is 1. The Morgan fingerprint density at radius 3 is 2.82 bits per heavy atom. The third-order valence-corrected chi connectivity index (χ3v) is 3.65. The molecule has 0 saturated carbocycles. The highest BCUT2D eigenvalue weighted by Crippen LogP contribution is 2.30. The van der Waals surface area contributed by atoms with E-state index in [9.17, 15) is 4.79 Å². The number of carbonyl (C=O) groups excluding carboxylic acids is 1. The maximum absolute atomic E-state index is 11.8. The van der Waals surface area contributed by atoms with Gasteiger partial charge in [0.05, 0.1) is 6.54 Å². The van der Waals surface area contributed by atoms with E-state index in [0.29, 0.717) is 26.3 Å². The predicted octanol–water partition coefficient (Wildman–Crippen LogP) is 1.85. The van der Waals surface area contributed by atoms with E-state index in [0.717, 1.165) is 42.9 Å². The van der Waals surface area contributed by atoms with E-state index in [1.54, 1.807) is 0 Å². The molecule has 0 spiro atoms. The van der Waals surface area contributed by atoms with Crippen LogP contribution in [0.4, 0.5) is 0 Å². The van der Waals surface area contributed by atoms with Gasteiger partial charge in [-0.15, -0.1) is 0 Å². The highest BCUT2D eigenvalue weighted by atomic mass is 16.6. The molecule has 0 fully saturated rings. The first-order valence-corrected chi connectivity index (χ1v) is 8.03. The van der Waals surface area contributed by atoms with Gasteiger partial charge in [-0.3, -0.25) is 9.69 Å². The van der Waals surface area contributed by atoms with Gasteiger partial charge in [-0.1, -0.05) is 19.4 Å². The van der Waals surface area contributed by atoms with Gasteiger partial charge in [-0.05, 0) is 44.1 Å². The summed E-state index contributed by atoms with van der Waals surface area (Å²) in [7, 11) is 1.98. The minimum atomic E-state index is 0.0798. The van der Waals surface area contributed by atoms with Crippen LogP contribution >= 0.6 is 0 Å². The number of likely N-dealkylation sites (N-methyl/N-ethyl adjacent to an activating group) is 1. The normalized spacial score (nSPS) is 13.2. The van der Waals surface area contributed by atoms with Gasteiger partial charge in [0.15, 0.2) is 11.5 Å². The molecule has 5 heteroatoms. The van der Waals surface area contributed by atoms with Gasteiger partial charge in [-0.2, -0.15) is 0 Å². The van der Waals surface area contributed by atoms with E-state index >= 15 is 0 Å². The maximum atomic E-state index is 11.8. The lowest BCUT2D eigenvalue weighted by molar-refractivity contribution is -0.121. The van der Waals surface area contributed by atoms with Crippen molar-refractivity contribution in [1.82, 2.24) is 10.2 Å². The van der Waals surface area contributed by atoms with Crippen molar-refractivity contribution in [2.45, 2.75) is 26.2 Å². The molecule has 5 nitrogen and oxygen atoms in total. The molecule has 1 aromatic rings. The average Bonchev–Trinajstić information content (AvgIpc) is 2.52. The number of unbranched alkanes of at least 4 members (excludes halogenated alkanes) is 1. The summed E-state index contributed by atoms with van der Waals surface area (Å²) in [5, 5.41) is 2.97. The fourth-order valence-electron chi connectivity index (χ4n) is 2.40. The van der Waals surface area contributed by atoms with Gasteiger partial charge >= 0.3 is 0 Å². The fourth-order valence-corrected chi connectivity index (χ4v) is 2.40. The molecule has 1 aromatic carbocycles. The highest BCUT2D eigenvalue weighted by Gasteiger charge is 2.11. The van der Waals surface area contributed by atoms with Crippen molar-refractivity contribution in [3.05, 3.63) is 23.8 Å². The summed E-state index contributed by atoms with van der Waals surface area (Å²) in [4.78, 5) is 13.9. The Hall–Kier alpha value is -1.75. The van der Waals surface area contributed by atoms with Crippen LogP contribution in [0.1, 0.15) is 25.3 Å². The first-order valence-electron chi connectivity index (χ1n) is 8.03. The summed E-state index contributed by atoms with van der Waals surface area (Å²) in [5.74, 6) is 1.68. The Bertz CT molecular complexity index is 491. The monoisotopic (exact) mass is 306 g/mol. The molecule has 0 bridgehead atoms. The summed E-state index contributed by atoms with van der Waals surface area (Å²) in [6, 6.07) is 5.95. The number of hydrogen-bond acceptors (Lipinski definition) is 4. The van der Waals surface area contributed by atoms with Crippen LogP contribution < -0.4 is 14.8 Å². The van der Waals surface area contributed by atoms with E-state index in [1.165, 1.54) is 0 Å². The summed E-state index contributed by atoms with van der Waals surface area (Å²) in [6.45, 7) is 5.42. The molecule has 2 rings (SSSR count). The molecule has 0 unspecified atom stereocenters. The number of nitrogens with one attached hydrogen (secondary N) is 1. The second kappa shape index (κ2) is 8.63. The number of benzene rings is 1. The van der Waals surface area contributed by atoms with Gasteiger partial charge in [0, 0.05) is 6.54 Å². The van der Waals surface area contributed by atoms with Crippen molar-refractivity contribution in [3.8, 4) is 11.5 Å². The maximum Gasteiger partial charge on any atom is 0.234 e. The molecule has 1 amide bonds. The Morgan fingerprint density at radius 1 is 1.27 bits per heavy atom. The quantitative estimate of drug-likeness (QED) is 0.796. The molecule has 0 aromatic heterocycles. The third kappa shape index (κ3) is 5.22. The second-order valence-corrected chi connectivity index (χ2v) is 5.67. The molecule has 0 aliphatic carbocycles. The van der Waals surface area contributed by atoms with E-state index in [1.807, 2.05) is 25.2 Å². The third-order valence-electron chi connectivity index (χ3n) is 3.65. The SMILES string of the molecule is CCCCN(C)CC(=O)NCCc1ccc2c(c1)OCCO2. The van der Waals surface area contributed by atoms with Crippen LogP contribution in [0.3, 0.4) is 0 Å². The van der Waals surface area contributed by atoms with Crippen LogP contribution in [0.2, 0.25) is 0 Å². The van der Waals surface area contributed by atoms with Gasteiger partial charge < -0.3 is 14.8 Å². The minimum absolute atomic E-state index is 0.0798. The first kappa shape index (κ1) is 16.6. The van der Waals surface area contributed by atoms with Crippen molar-refractivity contribution in [2.75, 3.05) is 39.9 Å². The zero-order valence-corrected chi connectivity index (χ0v) is 13.6. The van der Waals surface area contributed by atoms with Crippen LogP contribution in [0.15, 0.2) is 18.2 Å². The van der Waals surface area contributed by atoms with E-state index < -0.39 is 0 Å². The van der Waals surface area contributed by atoms with Gasteiger partial charge in [-0.25, -0.2) is 0 Å². The largest absolute Gasteiger partial charge is 0.486 e. The fraction of sp³-hybridized carbons (Fsp3) is 0.588. The number of fused-ring (bicyclic) bond motifs is 1. The van der Waals surface area contributed by atoms with E-state index in [-0.39, 0.29) is 5.91 Å². The van der Waals surface area contributed by atoms with Gasteiger partial charge in [0.2, 0.25) is 5.91 Å². The van der Waals surface area contributed by atoms with Crippen molar-refractivity contribution in [3.63, 3.8) is 0 Å². The van der Waals surface area contributed by atoms with Gasteiger partial charge in [0.25, 0.3) is 0 Å². The molecular formula is C17H26N2O3. The highest BCUT2D eigenvalue weighted by molar-refractivity contribution is 5.77. The molecule has 1 N–H and O–H groups in total. The summed E-state index contributed by atoms with van der Waals surface area (Å²) >= 11 is 0. The number of nitrogens with zero attached hydrogens (tertiary/aromatic N) is 1. The summed E-state index contributed by atoms with van der Waals surface area (Å²) in [5.41, 5.74) is 1.14.